The number of rotatable bonds is 26. The van der Waals surface area contributed by atoms with Gasteiger partial charge >= 0.3 is 18.3 Å². The van der Waals surface area contributed by atoms with Crippen molar-refractivity contribution < 1.29 is 57.1 Å². The number of carbonyl (C=O) groups is 5. The van der Waals surface area contributed by atoms with Crippen molar-refractivity contribution in [3.63, 3.8) is 0 Å². The Balaban J connectivity index is 2.16. The number of nitrogens with one attached hydrogen (secondary N) is 2. The quantitative estimate of drug-likeness (QED) is 0.0903. The molecule has 2 N–H and O–H groups in total. The highest BCUT2D eigenvalue weighted by molar-refractivity contribution is 5.77. The number of nitrogens with zero attached hydrogens (tertiary/aromatic N) is 3. The first-order valence-electron chi connectivity index (χ1n) is 20.3. The highest BCUT2D eigenvalue weighted by Crippen LogP contribution is 2.29. The molecule has 0 fully saturated rings. The van der Waals surface area contributed by atoms with Crippen molar-refractivity contribution in [1.29, 1.82) is 0 Å². The van der Waals surface area contributed by atoms with Gasteiger partial charge in [-0.05, 0) is 94.7 Å². The van der Waals surface area contributed by atoms with E-state index in [0.717, 1.165) is 11.1 Å². The Morgan fingerprint density at radius 2 is 0.883 bits per heavy atom. The van der Waals surface area contributed by atoms with E-state index in [0.29, 0.717) is 114 Å². The van der Waals surface area contributed by atoms with Gasteiger partial charge in [-0.1, -0.05) is 12.1 Å². The van der Waals surface area contributed by atoms with Gasteiger partial charge in [-0.3, -0.25) is 9.59 Å². The van der Waals surface area contributed by atoms with Gasteiger partial charge in [-0.2, -0.15) is 0 Å². The molecule has 0 aromatic heterocycles. The van der Waals surface area contributed by atoms with Gasteiger partial charge in [0.05, 0.1) is 42.7 Å². The van der Waals surface area contributed by atoms with Gasteiger partial charge < -0.3 is 58.5 Å². The van der Waals surface area contributed by atoms with Crippen LogP contribution in [0.5, 0.6) is 23.0 Å². The Hall–Kier alpha value is -5.61. The van der Waals surface area contributed by atoms with E-state index in [9.17, 15) is 24.0 Å². The zero-order chi connectivity index (χ0) is 44.5. The highest BCUT2D eigenvalue weighted by atomic mass is 16.6. The number of benzene rings is 2. The fraction of sp³-hybridized carbons (Fsp3) is 0.605. The molecule has 2 aromatic rings. The van der Waals surface area contributed by atoms with E-state index in [1.54, 1.807) is 76.0 Å². The fourth-order valence-electron chi connectivity index (χ4n) is 6.20. The Kier molecular flexibility index (Phi) is 22.9. The maximum atomic E-state index is 13.6. The van der Waals surface area contributed by atoms with Gasteiger partial charge in [0.25, 0.3) is 0 Å². The van der Waals surface area contributed by atoms with Gasteiger partial charge in [0.2, 0.25) is 11.8 Å². The minimum atomic E-state index is -0.743. The third kappa shape index (κ3) is 19.0. The lowest BCUT2D eigenvalue weighted by molar-refractivity contribution is -0.132. The molecule has 0 atom stereocenters. The summed E-state index contributed by atoms with van der Waals surface area (Å²) in [4.78, 5) is 69.1. The normalized spacial score (nSPS) is 10.8. The number of ether oxygens (including phenoxy) is 7. The molecule has 0 radical (unpaired) electrons. The van der Waals surface area contributed by atoms with Crippen molar-refractivity contribution in [2.75, 3.05) is 95.0 Å². The molecule has 60 heavy (non-hydrogen) atoms. The van der Waals surface area contributed by atoms with E-state index in [2.05, 4.69) is 20.1 Å². The van der Waals surface area contributed by atoms with Crippen LogP contribution in [0.15, 0.2) is 36.4 Å². The van der Waals surface area contributed by atoms with E-state index in [-0.39, 0.29) is 24.7 Å². The number of hydrogen-bond donors (Lipinski definition) is 2. The van der Waals surface area contributed by atoms with Crippen LogP contribution in [0.3, 0.4) is 0 Å². The van der Waals surface area contributed by atoms with E-state index in [4.69, 9.17) is 23.7 Å². The number of methoxy groups -OCH3 is 6. The summed E-state index contributed by atoms with van der Waals surface area (Å²) in [6, 6.07) is 11.1. The molecule has 0 unspecified atom stereocenters. The van der Waals surface area contributed by atoms with Crippen molar-refractivity contribution in [3.05, 3.63) is 47.5 Å². The molecular weight excluding hydrogens is 778 g/mol. The smallest absolute Gasteiger partial charge is 0.410 e. The van der Waals surface area contributed by atoms with Crippen molar-refractivity contribution in [3.8, 4) is 23.0 Å². The number of alkyl carbamates (subject to hydrolysis) is 2. The summed E-state index contributed by atoms with van der Waals surface area (Å²) in [6.45, 7) is 8.10. The molecule has 0 bridgehead atoms. The van der Waals surface area contributed by atoms with E-state index in [1.807, 2.05) is 24.3 Å². The Bertz CT molecular complexity index is 1550. The Morgan fingerprint density at radius 1 is 0.517 bits per heavy atom. The van der Waals surface area contributed by atoms with Crippen molar-refractivity contribution in [1.82, 2.24) is 25.3 Å². The van der Waals surface area contributed by atoms with Crippen LogP contribution in [0.25, 0.3) is 0 Å². The second-order valence-corrected chi connectivity index (χ2v) is 14.9. The minimum absolute atomic E-state index is 0.0735. The molecule has 0 spiro atoms. The lowest BCUT2D eigenvalue weighted by Gasteiger charge is -2.30. The lowest BCUT2D eigenvalue weighted by atomic mass is 10.1. The van der Waals surface area contributed by atoms with Crippen LogP contribution in [0, 0.1) is 0 Å². The molecule has 0 aliphatic rings. The van der Waals surface area contributed by atoms with Gasteiger partial charge in [-0.25, -0.2) is 14.4 Å². The first-order valence-corrected chi connectivity index (χ1v) is 20.3. The average Bonchev–Trinajstić information content (AvgIpc) is 3.24. The van der Waals surface area contributed by atoms with Gasteiger partial charge in [0.15, 0.2) is 23.0 Å². The van der Waals surface area contributed by atoms with Gasteiger partial charge in [0, 0.05) is 65.2 Å². The molecule has 336 valence electrons. The van der Waals surface area contributed by atoms with Crippen LogP contribution in [0.1, 0.15) is 70.4 Å². The van der Waals surface area contributed by atoms with Crippen molar-refractivity contribution in [2.45, 2.75) is 77.7 Å². The number of hydrogen-bond acceptors (Lipinski definition) is 12. The topological polar surface area (TPSA) is 184 Å². The Morgan fingerprint density at radius 3 is 1.23 bits per heavy atom. The van der Waals surface area contributed by atoms with Gasteiger partial charge in [0.1, 0.15) is 5.60 Å². The number of amides is 5. The molecule has 0 aliphatic carbocycles. The first-order chi connectivity index (χ1) is 28.7. The summed E-state index contributed by atoms with van der Waals surface area (Å²) in [5.74, 6) is 2.20. The van der Waals surface area contributed by atoms with Crippen LogP contribution in [-0.4, -0.2) is 145 Å². The SMILES string of the molecule is COC(=O)NCCCN(CCCN(CCCN(CCCNC(=O)OC)C(=O)CCc1ccc(OC)c(OC)c1)C(=O)OC(C)(C)C)C(=O)CCc1ccc(OC)c(OC)c1. The molecule has 17 nitrogen and oxygen atoms in total. The molecular formula is C43H67N5O12. The summed E-state index contributed by atoms with van der Waals surface area (Å²) in [5.41, 5.74) is 1.09. The van der Waals surface area contributed by atoms with Crippen LogP contribution < -0.4 is 29.6 Å². The fourth-order valence-corrected chi connectivity index (χ4v) is 6.20. The average molecular weight is 846 g/mol. The Labute approximate surface area is 355 Å². The third-order valence-corrected chi connectivity index (χ3v) is 9.34. The lowest BCUT2D eigenvalue weighted by Crippen LogP contribution is -2.42. The zero-order valence-corrected chi connectivity index (χ0v) is 37.0. The first kappa shape index (κ1) is 50.5. The van der Waals surface area contributed by atoms with Crippen LogP contribution in [-0.2, 0) is 36.6 Å². The maximum absolute atomic E-state index is 13.6. The molecule has 0 aliphatic heterocycles. The van der Waals surface area contributed by atoms with E-state index >= 15 is 0 Å². The summed E-state index contributed by atoms with van der Waals surface area (Å²) < 4.78 is 36.6. The monoisotopic (exact) mass is 845 g/mol. The molecule has 17 heteroatoms. The predicted molar refractivity (Wildman–Crippen MR) is 226 cm³/mol. The molecule has 2 aromatic carbocycles. The molecule has 0 saturated heterocycles. The van der Waals surface area contributed by atoms with Crippen LogP contribution in [0.2, 0.25) is 0 Å². The molecule has 2 rings (SSSR count). The van der Waals surface area contributed by atoms with E-state index in [1.165, 1.54) is 14.2 Å². The number of carbonyl (C=O) groups excluding carboxylic acids is 5. The van der Waals surface area contributed by atoms with Gasteiger partial charge in [-0.15, -0.1) is 0 Å². The third-order valence-electron chi connectivity index (χ3n) is 9.34. The largest absolute Gasteiger partial charge is 0.493 e. The number of aryl methyl sites for hydroxylation is 2. The molecule has 0 heterocycles. The summed E-state index contributed by atoms with van der Waals surface area (Å²) in [6.07, 6.45) is 1.74. The standard InChI is InChI=1S/C43H67N5O12/c1-43(2,3)60-42(53)48(28-12-26-46(24-10-22-44-40(51)58-8)38(49)20-16-32-14-18-34(54-4)36(30-32)56-6)29-13-27-47(25-11-23-45-41(52)59-9)39(50)21-17-33-15-19-35(55-5)37(31-33)57-7/h14-15,18-19,30-31H,10-13,16-17,20-29H2,1-9H3,(H,44,51)(H,45,52). The molecule has 5 amide bonds. The minimum Gasteiger partial charge on any atom is -0.493 e. The van der Waals surface area contributed by atoms with Crippen LogP contribution >= 0.6 is 0 Å². The highest BCUT2D eigenvalue weighted by Gasteiger charge is 2.24. The van der Waals surface area contributed by atoms with E-state index < -0.39 is 23.9 Å². The molecule has 0 saturated carbocycles. The summed E-state index contributed by atoms with van der Waals surface area (Å²) in [7, 11) is 8.83. The summed E-state index contributed by atoms with van der Waals surface area (Å²) >= 11 is 0. The van der Waals surface area contributed by atoms with Crippen molar-refractivity contribution >= 4 is 30.1 Å². The van der Waals surface area contributed by atoms with Crippen LogP contribution in [0.4, 0.5) is 14.4 Å². The second kappa shape index (κ2) is 27.2. The summed E-state index contributed by atoms with van der Waals surface area (Å²) in [5, 5.41) is 5.30. The van der Waals surface area contributed by atoms with Crippen molar-refractivity contribution in [2.24, 2.45) is 0 Å². The maximum Gasteiger partial charge on any atom is 0.410 e. The second-order valence-electron chi connectivity index (χ2n) is 14.9. The zero-order valence-electron chi connectivity index (χ0n) is 37.0. The predicted octanol–water partition coefficient (Wildman–Crippen LogP) is 5.45.